The number of hydrogen-bond donors (Lipinski definition) is 0. The first kappa shape index (κ1) is 34.2. The van der Waals surface area contributed by atoms with E-state index in [0.29, 0.717) is 0 Å². The van der Waals surface area contributed by atoms with Crippen molar-refractivity contribution in [3.63, 3.8) is 0 Å². The van der Waals surface area contributed by atoms with E-state index in [9.17, 15) is 0 Å². The molecule has 0 N–H and O–H groups in total. The van der Waals surface area contributed by atoms with Gasteiger partial charge in [0.2, 0.25) is 0 Å². The summed E-state index contributed by atoms with van der Waals surface area (Å²) >= 11 is 0. The highest BCUT2D eigenvalue weighted by molar-refractivity contribution is 6.29. The fourth-order valence-electron chi connectivity index (χ4n) is 8.54. The van der Waals surface area contributed by atoms with Crippen molar-refractivity contribution in [1.29, 1.82) is 0 Å². The molecule has 0 atom stereocenters. The van der Waals surface area contributed by atoms with Gasteiger partial charge in [-0.15, -0.1) is 0 Å². The van der Waals surface area contributed by atoms with Crippen molar-refractivity contribution >= 4 is 88.4 Å². The van der Waals surface area contributed by atoms with Gasteiger partial charge < -0.3 is 14.2 Å². The summed E-state index contributed by atoms with van der Waals surface area (Å²) in [6.45, 7) is 4.00. The topological polar surface area (TPSA) is 19.6 Å². The fourth-order valence-corrected chi connectivity index (χ4v) is 8.54. The number of nitrogens with zero attached hydrogens (tertiary/aromatic N) is 2. The van der Waals surface area contributed by atoms with Gasteiger partial charge in [0.05, 0.1) is 11.4 Å². The molecule has 0 spiro atoms. The Morgan fingerprint density at radius 1 is 0.351 bits per heavy atom. The molecule has 10 aromatic carbocycles. The van der Waals surface area contributed by atoms with E-state index in [4.69, 9.17) is 4.42 Å². The second-order valence-corrected chi connectivity index (χ2v) is 14.1. The third-order valence-electron chi connectivity index (χ3n) is 10.9. The minimum Gasteiger partial charge on any atom is -0.455 e. The zero-order valence-corrected chi connectivity index (χ0v) is 31.9. The summed E-state index contributed by atoms with van der Waals surface area (Å²) in [6, 6.07) is 73.9. The Bertz CT molecular complexity index is 2910. The highest BCUT2D eigenvalue weighted by atomic mass is 16.3. The Morgan fingerprint density at radius 3 is 1.28 bits per heavy atom. The highest BCUT2D eigenvalue weighted by Crippen LogP contribution is 2.50. The van der Waals surface area contributed by atoms with Gasteiger partial charge in [-0.1, -0.05) is 147 Å². The van der Waals surface area contributed by atoms with Crippen molar-refractivity contribution in [2.24, 2.45) is 0 Å². The predicted octanol–water partition coefficient (Wildman–Crippen LogP) is 16.1. The molecule has 0 fully saturated rings. The maximum atomic E-state index is 6.53. The van der Waals surface area contributed by atoms with Crippen LogP contribution in [0, 0.1) is 0 Å². The average Bonchev–Trinajstić information content (AvgIpc) is 3.67. The van der Waals surface area contributed by atoms with Crippen LogP contribution in [0.1, 0.15) is 13.8 Å². The monoisotopic (exact) mass is 732 g/mol. The van der Waals surface area contributed by atoms with Crippen LogP contribution in [-0.2, 0) is 0 Å². The summed E-state index contributed by atoms with van der Waals surface area (Å²) in [5.74, 6) is 0. The van der Waals surface area contributed by atoms with Gasteiger partial charge >= 0.3 is 0 Å². The van der Waals surface area contributed by atoms with Crippen LogP contribution >= 0.6 is 0 Å². The Morgan fingerprint density at radius 2 is 0.789 bits per heavy atom. The number of anilines is 6. The van der Waals surface area contributed by atoms with Gasteiger partial charge in [0, 0.05) is 55.2 Å². The van der Waals surface area contributed by atoms with E-state index >= 15 is 0 Å². The Balaban J connectivity index is 0.00000195. The van der Waals surface area contributed by atoms with Crippen molar-refractivity contribution < 1.29 is 4.42 Å². The number of benzene rings is 10. The van der Waals surface area contributed by atoms with Crippen molar-refractivity contribution in [3.8, 4) is 11.1 Å². The second-order valence-electron chi connectivity index (χ2n) is 14.1. The Labute approximate surface area is 332 Å². The molecule has 11 rings (SSSR count). The van der Waals surface area contributed by atoms with Gasteiger partial charge in [-0.05, 0) is 94.5 Å². The molecule has 0 radical (unpaired) electrons. The molecule has 0 unspecified atom stereocenters. The average molecular weight is 733 g/mol. The van der Waals surface area contributed by atoms with E-state index in [-0.39, 0.29) is 0 Å². The third kappa shape index (κ3) is 5.75. The molecule has 3 nitrogen and oxygen atoms in total. The van der Waals surface area contributed by atoms with Crippen LogP contribution in [0.25, 0.3) is 65.4 Å². The lowest BCUT2D eigenvalue weighted by atomic mass is 9.89. The summed E-state index contributed by atoms with van der Waals surface area (Å²) in [4.78, 5) is 4.80. The standard InChI is InChI=1S/C52H34N2O.C2H6/c1-5-16-38(17-6-1)53(39-18-7-2-8-19-39)47-34-48(54(40-20-9-3-10-21-40)41-22-11-4-12-23-41)46-31-29-36-33-37(32-35-28-30-45(47)51(46)50(35)36)42-25-15-26-44-43-24-13-14-27-49(43)55-52(42)44;1-2/h1-34H;1-2H3. The smallest absolute Gasteiger partial charge is 0.143 e. The Hall–Kier alpha value is -7.36. The zero-order valence-electron chi connectivity index (χ0n) is 31.9. The fraction of sp³-hybridized carbons (Fsp3) is 0.0370. The maximum absolute atomic E-state index is 6.53. The number of rotatable bonds is 7. The number of hydrogen-bond acceptors (Lipinski definition) is 3. The zero-order chi connectivity index (χ0) is 38.3. The van der Waals surface area contributed by atoms with Crippen LogP contribution in [0.4, 0.5) is 34.1 Å². The van der Waals surface area contributed by atoms with Crippen LogP contribution in [0.15, 0.2) is 211 Å². The van der Waals surface area contributed by atoms with E-state index in [2.05, 4.69) is 210 Å². The first-order valence-corrected chi connectivity index (χ1v) is 19.8. The molecule has 11 aromatic rings. The van der Waals surface area contributed by atoms with Crippen LogP contribution in [0.2, 0.25) is 0 Å². The van der Waals surface area contributed by atoms with Gasteiger partial charge in [0.1, 0.15) is 11.2 Å². The van der Waals surface area contributed by atoms with E-state index in [1.807, 2.05) is 19.9 Å². The first-order valence-electron chi connectivity index (χ1n) is 19.8. The molecule has 0 amide bonds. The molecular formula is C54H40N2O. The molecule has 0 bridgehead atoms. The molecule has 0 aliphatic heterocycles. The van der Waals surface area contributed by atoms with E-state index in [1.165, 1.54) is 32.3 Å². The lowest BCUT2D eigenvalue weighted by molar-refractivity contribution is 0.670. The van der Waals surface area contributed by atoms with E-state index < -0.39 is 0 Å². The molecule has 1 aromatic heterocycles. The van der Waals surface area contributed by atoms with Crippen molar-refractivity contribution in [1.82, 2.24) is 0 Å². The van der Waals surface area contributed by atoms with Crippen molar-refractivity contribution in [3.05, 3.63) is 206 Å². The summed E-state index contributed by atoms with van der Waals surface area (Å²) in [5, 5.41) is 9.54. The maximum Gasteiger partial charge on any atom is 0.143 e. The van der Waals surface area contributed by atoms with Crippen LogP contribution in [0.5, 0.6) is 0 Å². The van der Waals surface area contributed by atoms with Crippen LogP contribution in [-0.4, -0.2) is 0 Å². The first-order chi connectivity index (χ1) is 28.3. The quantitative estimate of drug-likeness (QED) is 0.152. The second kappa shape index (κ2) is 14.4. The minimum absolute atomic E-state index is 0.908. The summed E-state index contributed by atoms with van der Waals surface area (Å²) in [5.41, 5.74) is 10.7. The molecule has 0 aliphatic carbocycles. The summed E-state index contributed by atoms with van der Waals surface area (Å²) < 4.78 is 6.53. The molecule has 1 heterocycles. The molecular weight excluding hydrogens is 693 g/mol. The highest BCUT2D eigenvalue weighted by Gasteiger charge is 2.25. The molecule has 57 heavy (non-hydrogen) atoms. The van der Waals surface area contributed by atoms with Gasteiger partial charge in [-0.3, -0.25) is 0 Å². The molecule has 0 saturated heterocycles. The number of fused-ring (bicyclic) bond motifs is 3. The van der Waals surface area contributed by atoms with Crippen LogP contribution < -0.4 is 9.80 Å². The van der Waals surface area contributed by atoms with Crippen molar-refractivity contribution in [2.75, 3.05) is 9.80 Å². The van der Waals surface area contributed by atoms with Gasteiger partial charge in [0.15, 0.2) is 0 Å². The van der Waals surface area contributed by atoms with E-state index in [1.54, 1.807) is 0 Å². The Kier molecular flexibility index (Phi) is 8.61. The molecule has 272 valence electrons. The SMILES string of the molecule is CC.c1ccc(N(c2ccccc2)c2cc(N(c3ccccc3)c3ccccc3)c3ccc4cc(-c5cccc6c5oc5ccccc56)cc5ccc2c3c54)cc1. The number of furan rings is 1. The molecule has 3 heteroatoms. The third-order valence-corrected chi connectivity index (χ3v) is 10.9. The van der Waals surface area contributed by atoms with Gasteiger partial charge in [-0.2, -0.15) is 0 Å². The van der Waals surface area contributed by atoms with E-state index in [0.717, 1.165) is 67.2 Å². The lowest BCUT2D eigenvalue weighted by Gasteiger charge is -2.32. The minimum atomic E-state index is 0.908. The predicted molar refractivity (Wildman–Crippen MR) is 244 cm³/mol. The normalized spacial score (nSPS) is 11.3. The molecule has 0 saturated carbocycles. The lowest BCUT2D eigenvalue weighted by Crippen LogP contribution is -2.14. The van der Waals surface area contributed by atoms with Gasteiger partial charge in [0.25, 0.3) is 0 Å². The largest absolute Gasteiger partial charge is 0.455 e. The number of para-hydroxylation sites is 6. The summed E-state index contributed by atoms with van der Waals surface area (Å²) in [6.07, 6.45) is 0. The van der Waals surface area contributed by atoms with Crippen molar-refractivity contribution in [2.45, 2.75) is 13.8 Å². The van der Waals surface area contributed by atoms with Crippen LogP contribution in [0.3, 0.4) is 0 Å². The van der Waals surface area contributed by atoms with Gasteiger partial charge in [-0.25, -0.2) is 0 Å². The molecule has 0 aliphatic rings. The summed E-state index contributed by atoms with van der Waals surface area (Å²) in [7, 11) is 0.